The van der Waals surface area contributed by atoms with Crippen LogP contribution in [0.4, 0.5) is 0 Å². The Morgan fingerprint density at radius 2 is 1.50 bits per heavy atom. The molecule has 0 amide bonds. The summed E-state index contributed by atoms with van der Waals surface area (Å²) in [6.07, 6.45) is 2.92. The number of rotatable bonds is 5. The van der Waals surface area contributed by atoms with Gasteiger partial charge in [0.05, 0.1) is 0 Å². The fourth-order valence-electron chi connectivity index (χ4n) is 4.76. The summed E-state index contributed by atoms with van der Waals surface area (Å²) in [7, 11) is 0. The molecule has 7 atom stereocenters. The highest BCUT2D eigenvalue weighted by Gasteiger charge is 2.53. The Morgan fingerprint density at radius 3 is 1.88 bits per heavy atom. The second kappa shape index (κ2) is 4.35. The molecule has 0 aromatic heterocycles. The average molecular weight is 222 g/mol. The van der Waals surface area contributed by atoms with Crippen LogP contribution in [0.2, 0.25) is 0 Å². The van der Waals surface area contributed by atoms with Gasteiger partial charge in [0.15, 0.2) is 0 Å². The van der Waals surface area contributed by atoms with Crippen molar-refractivity contribution >= 4 is 0 Å². The van der Waals surface area contributed by atoms with Crippen LogP contribution in [0.3, 0.4) is 0 Å². The topological polar surface area (TPSA) is 0 Å². The third kappa shape index (κ3) is 2.05. The van der Waals surface area contributed by atoms with Crippen LogP contribution in [0.15, 0.2) is 0 Å². The number of hydrogen-bond acceptors (Lipinski definition) is 0. The first-order valence-corrected chi connectivity index (χ1v) is 7.49. The van der Waals surface area contributed by atoms with Crippen molar-refractivity contribution in [3.8, 4) is 0 Å². The van der Waals surface area contributed by atoms with Gasteiger partial charge >= 0.3 is 0 Å². The van der Waals surface area contributed by atoms with Crippen LogP contribution in [-0.2, 0) is 0 Å². The van der Waals surface area contributed by atoms with Gasteiger partial charge in [-0.2, -0.15) is 0 Å². The van der Waals surface area contributed by atoms with Crippen LogP contribution in [0.1, 0.15) is 54.4 Å². The van der Waals surface area contributed by atoms with E-state index in [0.717, 1.165) is 47.3 Å². The van der Waals surface area contributed by atoms with Crippen LogP contribution in [-0.4, -0.2) is 0 Å². The van der Waals surface area contributed by atoms with Crippen molar-refractivity contribution < 1.29 is 0 Å². The van der Waals surface area contributed by atoms with Crippen molar-refractivity contribution in [2.75, 3.05) is 0 Å². The van der Waals surface area contributed by atoms with E-state index in [4.69, 9.17) is 0 Å². The summed E-state index contributed by atoms with van der Waals surface area (Å²) in [5.74, 6) is 8.12. The van der Waals surface area contributed by atoms with Crippen molar-refractivity contribution in [1.82, 2.24) is 0 Å². The zero-order valence-electron chi connectivity index (χ0n) is 12.0. The first kappa shape index (κ1) is 12.5. The van der Waals surface area contributed by atoms with E-state index in [0.29, 0.717) is 0 Å². The average Bonchev–Trinajstić information content (AvgIpc) is 3.04. The Bertz CT molecular complexity index is 242. The van der Waals surface area contributed by atoms with Crippen LogP contribution in [0, 0.1) is 47.3 Å². The molecule has 0 bridgehead atoms. The lowest BCUT2D eigenvalue weighted by Gasteiger charge is -2.12. The second-order valence-electron chi connectivity index (χ2n) is 7.07. The van der Waals surface area contributed by atoms with Crippen LogP contribution >= 0.6 is 0 Å². The zero-order valence-corrected chi connectivity index (χ0v) is 12.0. The van der Waals surface area contributed by atoms with Crippen molar-refractivity contribution in [3.05, 3.63) is 0 Å². The summed E-state index contributed by atoms with van der Waals surface area (Å²) in [6.45, 7) is 14.6. The molecule has 2 saturated carbocycles. The van der Waals surface area contributed by atoms with Gasteiger partial charge in [-0.25, -0.2) is 0 Å². The maximum atomic E-state index is 2.52. The van der Waals surface area contributed by atoms with E-state index in [1.165, 1.54) is 12.8 Å². The quantitative estimate of drug-likeness (QED) is 0.624. The summed E-state index contributed by atoms with van der Waals surface area (Å²) < 4.78 is 0. The Hall–Kier alpha value is 0. The van der Waals surface area contributed by atoms with Gasteiger partial charge in [0.1, 0.15) is 0 Å². The molecule has 0 N–H and O–H groups in total. The molecule has 0 aliphatic heterocycles. The predicted octanol–water partition coefficient (Wildman–Crippen LogP) is 4.84. The molecular formula is C16H30. The van der Waals surface area contributed by atoms with Crippen molar-refractivity contribution in [2.24, 2.45) is 47.3 Å². The smallest absolute Gasteiger partial charge is 0.0326 e. The fourth-order valence-corrected chi connectivity index (χ4v) is 4.76. The highest BCUT2D eigenvalue weighted by atomic mass is 14.6. The maximum Gasteiger partial charge on any atom is -0.0326 e. The summed E-state index contributed by atoms with van der Waals surface area (Å²) in [6, 6.07) is 0. The summed E-state index contributed by atoms with van der Waals surface area (Å²) in [5.41, 5.74) is 0. The molecule has 0 heterocycles. The molecule has 0 heteroatoms. The minimum Gasteiger partial charge on any atom is -0.0651 e. The summed E-state index contributed by atoms with van der Waals surface area (Å²) in [5, 5.41) is 0. The van der Waals surface area contributed by atoms with E-state index in [2.05, 4.69) is 41.5 Å². The Balaban J connectivity index is 1.80. The minimum absolute atomic E-state index is 0.904. The normalized spacial score (nSPS) is 48.2. The van der Waals surface area contributed by atoms with Crippen molar-refractivity contribution in [3.63, 3.8) is 0 Å². The minimum atomic E-state index is 0.904. The first-order valence-electron chi connectivity index (χ1n) is 7.49. The molecule has 0 saturated heterocycles. The molecule has 0 aromatic rings. The Morgan fingerprint density at radius 1 is 0.875 bits per heavy atom. The fraction of sp³-hybridized carbons (Fsp3) is 1.00. The van der Waals surface area contributed by atoms with Crippen molar-refractivity contribution in [2.45, 2.75) is 54.4 Å². The molecule has 2 aliphatic rings. The number of hydrogen-bond donors (Lipinski definition) is 0. The second-order valence-corrected chi connectivity index (χ2v) is 7.07. The van der Waals surface area contributed by atoms with E-state index in [1.807, 2.05) is 0 Å². The molecule has 0 aromatic carbocycles. The lowest BCUT2D eigenvalue weighted by Crippen LogP contribution is -2.04. The van der Waals surface area contributed by atoms with Gasteiger partial charge in [0.2, 0.25) is 0 Å². The van der Waals surface area contributed by atoms with Gasteiger partial charge in [-0.05, 0) is 53.8 Å². The lowest BCUT2D eigenvalue weighted by molar-refractivity contribution is 0.372. The van der Waals surface area contributed by atoms with E-state index in [-0.39, 0.29) is 0 Å². The monoisotopic (exact) mass is 222 g/mol. The van der Waals surface area contributed by atoms with Gasteiger partial charge in [-0.3, -0.25) is 0 Å². The molecule has 94 valence electrons. The van der Waals surface area contributed by atoms with Crippen LogP contribution < -0.4 is 0 Å². The lowest BCUT2D eigenvalue weighted by atomic mass is 9.93. The molecule has 16 heavy (non-hydrogen) atoms. The van der Waals surface area contributed by atoms with Crippen LogP contribution in [0.5, 0.6) is 0 Å². The Labute approximate surface area is 102 Å². The Kier molecular flexibility index (Phi) is 3.39. The van der Waals surface area contributed by atoms with E-state index in [9.17, 15) is 0 Å². The molecular weight excluding hydrogens is 192 g/mol. The standard InChI is InChI=1S/C16H30/c1-7-13-11(5)14(13)8-10(4)16-12(6)15(16)9(2)3/h9-16H,7-8H2,1-6H3. The highest BCUT2D eigenvalue weighted by molar-refractivity contribution is 5.01. The molecule has 2 rings (SSSR count). The van der Waals surface area contributed by atoms with Gasteiger partial charge in [-0.1, -0.05) is 48.0 Å². The van der Waals surface area contributed by atoms with E-state index < -0.39 is 0 Å². The molecule has 0 radical (unpaired) electrons. The summed E-state index contributed by atoms with van der Waals surface area (Å²) >= 11 is 0. The molecule has 2 fully saturated rings. The summed E-state index contributed by atoms with van der Waals surface area (Å²) in [4.78, 5) is 0. The third-order valence-corrected chi connectivity index (χ3v) is 5.82. The first-order chi connectivity index (χ1) is 7.49. The zero-order chi connectivity index (χ0) is 12.0. The van der Waals surface area contributed by atoms with E-state index in [1.54, 1.807) is 0 Å². The maximum absolute atomic E-state index is 2.52. The van der Waals surface area contributed by atoms with Crippen LogP contribution in [0.25, 0.3) is 0 Å². The van der Waals surface area contributed by atoms with Gasteiger partial charge in [0, 0.05) is 0 Å². The highest BCUT2D eigenvalue weighted by Crippen LogP contribution is 2.59. The predicted molar refractivity (Wildman–Crippen MR) is 71.2 cm³/mol. The van der Waals surface area contributed by atoms with Gasteiger partial charge in [0.25, 0.3) is 0 Å². The molecule has 0 spiro atoms. The van der Waals surface area contributed by atoms with Gasteiger partial charge < -0.3 is 0 Å². The third-order valence-electron chi connectivity index (χ3n) is 5.82. The molecule has 0 nitrogen and oxygen atoms in total. The SMILES string of the molecule is CCC1C(C)C1CC(C)C1C(C)C1C(C)C. The largest absolute Gasteiger partial charge is 0.0651 e. The molecule has 2 aliphatic carbocycles. The molecule has 7 unspecified atom stereocenters. The van der Waals surface area contributed by atoms with E-state index >= 15 is 0 Å². The van der Waals surface area contributed by atoms with Crippen molar-refractivity contribution in [1.29, 1.82) is 0 Å². The van der Waals surface area contributed by atoms with Gasteiger partial charge in [-0.15, -0.1) is 0 Å².